The predicted molar refractivity (Wildman–Crippen MR) is 118 cm³/mol. The van der Waals surface area contributed by atoms with Gasteiger partial charge < -0.3 is 14.8 Å². The number of hydrogen-bond donors (Lipinski definition) is 1. The molecule has 30 heavy (non-hydrogen) atoms. The van der Waals surface area contributed by atoms with Gasteiger partial charge in [0, 0.05) is 12.8 Å². The molecule has 2 aromatic rings. The first-order valence-electron chi connectivity index (χ1n) is 9.66. The van der Waals surface area contributed by atoms with Crippen molar-refractivity contribution in [1.82, 2.24) is 0 Å². The van der Waals surface area contributed by atoms with Gasteiger partial charge in [-0.05, 0) is 40.8 Å². The van der Waals surface area contributed by atoms with Gasteiger partial charge in [-0.1, -0.05) is 39.0 Å². The van der Waals surface area contributed by atoms with E-state index in [1.165, 1.54) is 4.31 Å². The van der Waals surface area contributed by atoms with Crippen LogP contribution in [0.3, 0.4) is 0 Å². The Morgan fingerprint density at radius 3 is 2.60 bits per heavy atom. The number of ether oxygens (including phenoxy) is 2. The molecule has 1 atom stereocenters. The first kappa shape index (κ1) is 22.1. The van der Waals surface area contributed by atoms with Crippen LogP contribution in [0.2, 0.25) is 0 Å². The quantitative estimate of drug-likeness (QED) is 0.784. The maximum atomic E-state index is 12.9. The molecule has 1 heterocycles. The summed E-state index contributed by atoms with van der Waals surface area (Å²) in [6, 6.07) is 12.7. The van der Waals surface area contributed by atoms with Crippen LogP contribution < -0.4 is 14.4 Å². The zero-order chi connectivity index (χ0) is 22.1. The number of nitrogens with one attached hydrogen (secondary N) is 1. The van der Waals surface area contributed by atoms with Gasteiger partial charge >= 0.3 is 0 Å². The Morgan fingerprint density at radius 1 is 1.23 bits per heavy atom. The van der Waals surface area contributed by atoms with E-state index in [4.69, 9.17) is 9.47 Å². The van der Waals surface area contributed by atoms with Crippen molar-refractivity contribution in [3.8, 4) is 5.75 Å². The number of benzene rings is 2. The summed E-state index contributed by atoms with van der Waals surface area (Å²) in [5.74, 6) is -0.0447. The molecule has 8 heteroatoms. The molecule has 0 spiro atoms. The summed E-state index contributed by atoms with van der Waals surface area (Å²) >= 11 is 0. The molecule has 162 valence electrons. The summed E-state index contributed by atoms with van der Waals surface area (Å²) < 4.78 is 37.2. The van der Waals surface area contributed by atoms with Gasteiger partial charge in [-0.2, -0.15) is 0 Å². The zero-order valence-corrected chi connectivity index (χ0v) is 18.7. The molecule has 2 aromatic carbocycles. The molecular formula is C22H28N2O5S. The molecule has 0 unspecified atom stereocenters. The monoisotopic (exact) mass is 432 g/mol. The molecule has 7 nitrogen and oxygen atoms in total. The Bertz CT molecular complexity index is 1040. The summed E-state index contributed by atoms with van der Waals surface area (Å²) in [6.45, 7) is 6.49. The molecule has 1 aliphatic rings. The fraction of sp³-hybridized carbons (Fsp3) is 0.409. The summed E-state index contributed by atoms with van der Waals surface area (Å²) in [7, 11) is -2.00. The fourth-order valence-corrected chi connectivity index (χ4v) is 4.20. The van der Waals surface area contributed by atoms with E-state index in [0.29, 0.717) is 23.7 Å². The number of carbonyl (C=O) groups is 1. The third kappa shape index (κ3) is 4.94. The van der Waals surface area contributed by atoms with E-state index >= 15 is 0 Å². The number of anilines is 2. The second kappa shape index (κ2) is 8.28. The Labute approximate surface area is 178 Å². The molecule has 0 fully saturated rings. The highest BCUT2D eigenvalue weighted by Crippen LogP contribution is 2.38. The van der Waals surface area contributed by atoms with Gasteiger partial charge in [0.05, 0.1) is 25.1 Å². The number of carbonyl (C=O) groups excluding carboxylic acids is 1. The minimum Gasteiger partial charge on any atom is -0.476 e. The third-order valence-electron chi connectivity index (χ3n) is 4.89. The summed E-state index contributed by atoms with van der Waals surface area (Å²) in [6.07, 6.45) is 0.161. The Kier molecular flexibility index (Phi) is 6.10. The second-order valence-corrected chi connectivity index (χ2v) is 10.4. The highest BCUT2D eigenvalue weighted by atomic mass is 32.2. The molecule has 0 aromatic heterocycles. The Morgan fingerprint density at radius 2 is 1.97 bits per heavy atom. The molecule has 1 N–H and O–H groups in total. The zero-order valence-electron chi connectivity index (χ0n) is 17.9. The lowest BCUT2D eigenvalue weighted by Gasteiger charge is -2.35. The van der Waals surface area contributed by atoms with Crippen molar-refractivity contribution >= 4 is 27.3 Å². The van der Waals surface area contributed by atoms with E-state index in [0.717, 1.165) is 17.4 Å². The lowest BCUT2D eigenvalue weighted by atomic mass is 9.86. The van der Waals surface area contributed by atoms with Crippen LogP contribution in [0.25, 0.3) is 0 Å². The summed E-state index contributed by atoms with van der Waals surface area (Å²) in [4.78, 5) is 12.9. The number of nitrogens with zero attached hydrogens (tertiary/aromatic N) is 1. The van der Waals surface area contributed by atoms with E-state index < -0.39 is 22.0 Å². The summed E-state index contributed by atoms with van der Waals surface area (Å²) in [5.41, 5.74) is 2.79. The van der Waals surface area contributed by atoms with Crippen molar-refractivity contribution in [3.05, 3.63) is 53.6 Å². The smallest absolute Gasteiger partial charge is 0.267 e. The van der Waals surface area contributed by atoms with Gasteiger partial charge in [-0.15, -0.1) is 0 Å². The maximum absolute atomic E-state index is 12.9. The number of sulfonamides is 1. The van der Waals surface area contributed by atoms with Crippen LogP contribution in [0.4, 0.5) is 11.4 Å². The normalized spacial score (nSPS) is 16.6. The van der Waals surface area contributed by atoms with Crippen LogP contribution in [0, 0.1) is 0 Å². The van der Waals surface area contributed by atoms with Crippen molar-refractivity contribution in [1.29, 1.82) is 0 Å². The summed E-state index contributed by atoms with van der Waals surface area (Å²) in [5, 5.41) is 2.81. The molecule has 1 aliphatic heterocycles. The van der Waals surface area contributed by atoms with Crippen molar-refractivity contribution in [2.45, 2.75) is 38.9 Å². The number of hydrogen-bond acceptors (Lipinski definition) is 5. The standard InChI is InChI=1S/C22H28N2O5S/c1-22(2,3)16-9-10-19-18(12-16)24(30(5,26)27)13-20(29-19)21(25)23-17-8-6-7-15(11-17)14-28-4/h6-12,20H,13-14H2,1-5H3,(H,23,25)/t20-/m1/s1. The van der Waals surface area contributed by atoms with Gasteiger partial charge in [-0.3, -0.25) is 9.10 Å². The number of methoxy groups -OCH3 is 1. The van der Waals surface area contributed by atoms with E-state index in [-0.39, 0.29) is 12.0 Å². The van der Waals surface area contributed by atoms with Crippen LogP contribution in [-0.2, 0) is 31.6 Å². The lowest BCUT2D eigenvalue weighted by molar-refractivity contribution is -0.122. The molecular weight excluding hydrogens is 404 g/mol. The third-order valence-corrected chi connectivity index (χ3v) is 6.04. The maximum Gasteiger partial charge on any atom is 0.267 e. The molecule has 3 rings (SSSR count). The van der Waals surface area contributed by atoms with E-state index in [2.05, 4.69) is 26.1 Å². The van der Waals surface area contributed by atoms with Gasteiger partial charge in [0.15, 0.2) is 6.10 Å². The minimum atomic E-state index is -3.60. The van der Waals surface area contributed by atoms with Crippen LogP contribution in [0.5, 0.6) is 5.75 Å². The largest absolute Gasteiger partial charge is 0.476 e. The van der Waals surface area contributed by atoms with Gasteiger partial charge in [0.1, 0.15) is 5.75 Å². The average molecular weight is 433 g/mol. The SMILES string of the molecule is COCc1cccc(NC(=O)[C@H]2CN(S(C)(=O)=O)c3cc(C(C)(C)C)ccc3O2)c1. The van der Waals surface area contributed by atoms with E-state index in [1.54, 1.807) is 19.2 Å². The first-order chi connectivity index (χ1) is 14.0. The second-order valence-electron chi connectivity index (χ2n) is 8.46. The van der Waals surface area contributed by atoms with Crippen LogP contribution in [0.15, 0.2) is 42.5 Å². The molecule has 0 aliphatic carbocycles. The minimum absolute atomic E-state index is 0.0942. The van der Waals surface area contributed by atoms with Crippen LogP contribution in [-0.4, -0.2) is 40.3 Å². The van der Waals surface area contributed by atoms with Crippen molar-refractivity contribution in [3.63, 3.8) is 0 Å². The van der Waals surface area contributed by atoms with Crippen LogP contribution >= 0.6 is 0 Å². The Balaban J connectivity index is 1.88. The van der Waals surface area contributed by atoms with Gasteiger partial charge in [-0.25, -0.2) is 8.42 Å². The highest BCUT2D eigenvalue weighted by Gasteiger charge is 2.36. The number of rotatable bonds is 5. The molecule has 0 saturated heterocycles. The van der Waals surface area contributed by atoms with Gasteiger partial charge in [0.2, 0.25) is 10.0 Å². The predicted octanol–water partition coefficient (Wildman–Crippen LogP) is 3.30. The van der Waals surface area contributed by atoms with Crippen molar-refractivity contribution < 1.29 is 22.7 Å². The van der Waals surface area contributed by atoms with Crippen molar-refractivity contribution in [2.75, 3.05) is 29.5 Å². The molecule has 0 radical (unpaired) electrons. The average Bonchev–Trinajstić information content (AvgIpc) is 2.65. The Hall–Kier alpha value is -2.58. The molecule has 0 bridgehead atoms. The fourth-order valence-electron chi connectivity index (χ4n) is 3.30. The first-order valence-corrected chi connectivity index (χ1v) is 11.5. The van der Waals surface area contributed by atoms with E-state index in [9.17, 15) is 13.2 Å². The van der Waals surface area contributed by atoms with Gasteiger partial charge in [0.25, 0.3) is 5.91 Å². The number of fused-ring (bicyclic) bond motifs is 1. The van der Waals surface area contributed by atoms with Crippen molar-refractivity contribution in [2.24, 2.45) is 0 Å². The van der Waals surface area contributed by atoms with Crippen LogP contribution in [0.1, 0.15) is 31.9 Å². The molecule has 0 saturated carbocycles. The highest BCUT2D eigenvalue weighted by molar-refractivity contribution is 7.92. The number of amides is 1. The van der Waals surface area contributed by atoms with E-state index in [1.807, 2.05) is 30.3 Å². The lowest BCUT2D eigenvalue weighted by Crippen LogP contribution is -2.48. The molecule has 1 amide bonds. The topological polar surface area (TPSA) is 84.9 Å².